The standard InChI is InChI=1S/C10H14FNO/c1-7(12)10(13-2)8-5-3-4-6-9(8)11/h3-7,10H,12H2,1-2H3. The predicted octanol–water partition coefficient (Wildman–Crippen LogP) is 1.86. The van der Waals surface area contributed by atoms with Crippen LogP contribution in [0.25, 0.3) is 0 Å². The molecule has 0 heterocycles. The number of hydrogen-bond acceptors (Lipinski definition) is 2. The van der Waals surface area contributed by atoms with Gasteiger partial charge in [0.05, 0.1) is 6.10 Å². The fourth-order valence-electron chi connectivity index (χ4n) is 1.33. The lowest BCUT2D eigenvalue weighted by Crippen LogP contribution is -2.26. The van der Waals surface area contributed by atoms with Crippen LogP contribution in [0.2, 0.25) is 0 Å². The molecule has 13 heavy (non-hydrogen) atoms. The summed E-state index contributed by atoms with van der Waals surface area (Å²) in [6, 6.07) is 6.29. The van der Waals surface area contributed by atoms with E-state index in [9.17, 15) is 4.39 Å². The number of ether oxygens (including phenoxy) is 1. The molecule has 0 aliphatic heterocycles. The van der Waals surface area contributed by atoms with Crippen molar-refractivity contribution in [2.45, 2.75) is 19.1 Å². The van der Waals surface area contributed by atoms with Crippen molar-refractivity contribution in [2.75, 3.05) is 7.11 Å². The summed E-state index contributed by atoms with van der Waals surface area (Å²) in [7, 11) is 1.53. The quantitative estimate of drug-likeness (QED) is 0.776. The molecule has 72 valence electrons. The Hall–Kier alpha value is -0.930. The van der Waals surface area contributed by atoms with Crippen molar-refractivity contribution in [3.63, 3.8) is 0 Å². The molecule has 3 heteroatoms. The van der Waals surface area contributed by atoms with E-state index >= 15 is 0 Å². The van der Waals surface area contributed by atoms with Gasteiger partial charge in [0, 0.05) is 18.7 Å². The lowest BCUT2D eigenvalue weighted by atomic mass is 10.0. The molecule has 0 radical (unpaired) electrons. The Morgan fingerprint density at radius 1 is 1.38 bits per heavy atom. The van der Waals surface area contributed by atoms with E-state index in [1.807, 2.05) is 0 Å². The lowest BCUT2D eigenvalue weighted by molar-refractivity contribution is 0.0823. The summed E-state index contributed by atoms with van der Waals surface area (Å²) < 4.78 is 18.4. The summed E-state index contributed by atoms with van der Waals surface area (Å²) in [5.74, 6) is -0.272. The molecule has 1 rings (SSSR count). The van der Waals surface area contributed by atoms with Gasteiger partial charge in [-0.3, -0.25) is 0 Å². The summed E-state index contributed by atoms with van der Waals surface area (Å²) in [6.07, 6.45) is -0.374. The molecule has 0 spiro atoms. The summed E-state index contributed by atoms with van der Waals surface area (Å²) in [6.45, 7) is 1.79. The number of halogens is 1. The molecule has 0 saturated heterocycles. The van der Waals surface area contributed by atoms with Crippen LogP contribution in [0.1, 0.15) is 18.6 Å². The van der Waals surface area contributed by atoms with Gasteiger partial charge in [-0.05, 0) is 13.0 Å². The van der Waals surface area contributed by atoms with Crippen LogP contribution in [0.4, 0.5) is 4.39 Å². The van der Waals surface area contributed by atoms with Crippen molar-refractivity contribution in [2.24, 2.45) is 5.73 Å². The maximum absolute atomic E-state index is 13.3. The van der Waals surface area contributed by atoms with Gasteiger partial charge in [-0.25, -0.2) is 4.39 Å². The first-order chi connectivity index (χ1) is 6.16. The van der Waals surface area contributed by atoms with Crippen LogP contribution in [0.3, 0.4) is 0 Å². The first kappa shape index (κ1) is 10.2. The molecule has 0 aliphatic carbocycles. The smallest absolute Gasteiger partial charge is 0.129 e. The summed E-state index contributed by atoms with van der Waals surface area (Å²) in [5, 5.41) is 0. The van der Waals surface area contributed by atoms with Gasteiger partial charge in [-0.1, -0.05) is 18.2 Å². The third-order valence-corrected chi connectivity index (χ3v) is 1.94. The molecule has 0 bridgehead atoms. The maximum atomic E-state index is 13.3. The van der Waals surface area contributed by atoms with Gasteiger partial charge in [-0.15, -0.1) is 0 Å². The topological polar surface area (TPSA) is 35.2 Å². The van der Waals surface area contributed by atoms with Crippen LogP contribution < -0.4 is 5.73 Å². The predicted molar refractivity (Wildman–Crippen MR) is 49.8 cm³/mol. The van der Waals surface area contributed by atoms with Crippen LogP contribution in [0.5, 0.6) is 0 Å². The molecule has 0 amide bonds. The van der Waals surface area contributed by atoms with E-state index < -0.39 is 0 Å². The number of methoxy groups -OCH3 is 1. The van der Waals surface area contributed by atoms with Crippen molar-refractivity contribution in [3.05, 3.63) is 35.6 Å². The van der Waals surface area contributed by atoms with Gasteiger partial charge in [0.1, 0.15) is 5.82 Å². The molecule has 0 fully saturated rings. The normalized spacial score (nSPS) is 15.4. The number of hydrogen-bond donors (Lipinski definition) is 1. The number of benzene rings is 1. The molecule has 2 nitrogen and oxygen atoms in total. The molecule has 2 unspecified atom stereocenters. The Morgan fingerprint density at radius 3 is 2.46 bits per heavy atom. The zero-order valence-corrected chi connectivity index (χ0v) is 7.83. The molecular weight excluding hydrogens is 169 g/mol. The van der Waals surface area contributed by atoms with Crippen molar-refractivity contribution in [3.8, 4) is 0 Å². The number of nitrogens with two attached hydrogens (primary N) is 1. The van der Waals surface area contributed by atoms with Crippen molar-refractivity contribution < 1.29 is 9.13 Å². The van der Waals surface area contributed by atoms with Crippen LogP contribution in [-0.2, 0) is 4.74 Å². The van der Waals surface area contributed by atoms with E-state index in [4.69, 9.17) is 10.5 Å². The Balaban J connectivity index is 2.97. The minimum atomic E-state index is -0.374. The van der Waals surface area contributed by atoms with Gasteiger partial charge in [0.25, 0.3) is 0 Å². The molecule has 0 saturated carbocycles. The number of rotatable bonds is 3. The van der Waals surface area contributed by atoms with E-state index in [0.29, 0.717) is 5.56 Å². The summed E-state index contributed by atoms with van der Waals surface area (Å²) >= 11 is 0. The van der Waals surface area contributed by atoms with E-state index in [2.05, 4.69) is 0 Å². The molecule has 1 aromatic rings. The Morgan fingerprint density at radius 2 is 2.00 bits per heavy atom. The first-order valence-electron chi connectivity index (χ1n) is 4.19. The first-order valence-corrected chi connectivity index (χ1v) is 4.19. The van der Waals surface area contributed by atoms with Crippen molar-refractivity contribution in [1.29, 1.82) is 0 Å². The average Bonchev–Trinajstić information content (AvgIpc) is 2.09. The average molecular weight is 183 g/mol. The second-order valence-electron chi connectivity index (χ2n) is 3.04. The molecule has 0 aromatic heterocycles. The van der Waals surface area contributed by atoms with Crippen LogP contribution in [0, 0.1) is 5.82 Å². The minimum Gasteiger partial charge on any atom is -0.375 e. The fraction of sp³-hybridized carbons (Fsp3) is 0.400. The second-order valence-corrected chi connectivity index (χ2v) is 3.04. The molecule has 2 atom stereocenters. The lowest BCUT2D eigenvalue weighted by Gasteiger charge is -2.19. The van der Waals surface area contributed by atoms with E-state index in [0.717, 1.165) is 0 Å². The third-order valence-electron chi connectivity index (χ3n) is 1.94. The molecule has 0 aliphatic rings. The third kappa shape index (κ3) is 2.26. The highest BCUT2D eigenvalue weighted by Gasteiger charge is 2.18. The van der Waals surface area contributed by atoms with E-state index in [1.165, 1.54) is 13.2 Å². The van der Waals surface area contributed by atoms with Crippen LogP contribution in [-0.4, -0.2) is 13.2 Å². The van der Waals surface area contributed by atoms with Crippen molar-refractivity contribution in [1.82, 2.24) is 0 Å². The van der Waals surface area contributed by atoms with Crippen molar-refractivity contribution >= 4 is 0 Å². The van der Waals surface area contributed by atoms with Crippen LogP contribution >= 0.6 is 0 Å². The van der Waals surface area contributed by atoms with Gasteiger partial charge < -0.3 is 10.5 Å². The molecular formula is C10H14FNO. The zero-order valence-electron chi connectivity index (χ0n) is 7.83. The fourth-order valence-corrected chi connectivity index (χ4v) is 1.33. The van der Waals surface area contributed by atoms with E-state index in [1.54, 1.807) is 25.1 Å². The van der Waals surface area contributed by atoms with Crippen LogP contribution in [0.15, 0.2) is 24.3 Å². The van der Waals surface area contributed by atoms with Gasteiger partial charge >= 0.3 is 0 Å². The SMILES string of the molecule is COC(c1ccccc1F)C(C)N. The van der Waals surface area contributed by atoms with E-state index in [-0.39, 0.29) is 18.0 Å². The Kier molecular flexibility index (Phi) is 3.39. The van der Waals surface area contributed by atoms with Gasteiger partial charge in [0.2, 0.25) is 0 Å². The molecule has 1 aromatic carbocycles. The summed E-state index contributed by atoms with van der Waals surface area (Å²) in [4.78, 5) is 0. The highest BCUT2D eigenvalue weighted by molar-refractivity contribution is 5.21. The van der Waals surface area contributed by atoms with Gasteiger partial charge in [-0.2, -0.15) is 0 Å². The summed E-state index contributed by atoms with van der Waals surface area (Å²) in [5.41, 5.74) is 6.17. The Labute approximate surface area is 77.5 Å². The highest BCUT2D eigenvalue weighted by atomic mass is 19.1. The Bertz CT molecular complexity index is 275. The minimum absolute atomic E-state index is 0.220. The maximum Gasteiger partial charge on any atom is 0.129 e. The second kappa shape index (κ2) is 4.35. The van der Waals surface area contributed by atoms with Gasteiger partial charge in [0.15, 0.2) is 0 Å². The molecule has 2 N–H and O–H groups in total. The monoisotopic (exact) mass is 183 g/mol. The highest BCUT2D eigenvalue weighted by Crippen LogP contribution is 2.21. The largest absolute Gasteiger partial charge is 0.375 e. The zero-order chi connectivity index (χ0) is 9.84.